The molecule has 5 heteroatoms. The van der Waals surface area contributed by atoms with E-state index in [0.29, 0.717) is 11.4 Å². The van der Waals surface area contributed by atoms with E-state index in [1.165, 1.54) is 6.07 Å². The molecule has 0 aliphatic rings. The molecule has 0 aliphatic heterocycles. The molecule has 0 fully saturated rings. The van der Waals surface area contributed by atoms with Crippen LogP contribution in [0.3, 0.4) is 0 Å². The molecule has 1 heterocycles. The smallest absolute Gasteiger partial charge is 0.132 e. The topological polar surface area (TPSA) is 68.9 Å². The number of rotatable bonds is 4. The fraction of sp³-hybridized carbons (Fsp3) is 0.455. The van der Waals surface area contributed by atoms with Crippen LogP contribution in [0.15, 0.2) is 12.1 Å². The van der Waals surface area contributed by atoms with Crippen molar-refractivity contribution in [1.82, 2.24) is 4.98 Å². The SMILES string of the molecule is CC(CO)C(C)Nc1cc(C#N)cc(Cl)n1. The van der Waals surface area contributed by atoms with Crippen LogP contribution in [0.1, 0.15) is 19.4 Å². The lowest BCUT2D eigenvalue weighted by atomic mass is 10.1. The minimum absolute atomic E-state index is 0.0579. The monoisotopic (exact) mass is 239 g/mol. The molecule has 0 saturated carbocycles. The minimum Gasteiger partial charge on any atom is -0.396 e. The van der Waals surface area contributed by atoms with Crippen LogP contribution in [0.4, 0.5) is 5.82 Å². The van der Waals surface area contributed by atoms with Crippen molar-refractivity contribution >= 4 is 17.4 Å². The van der Waals surface area contributed by atoms with E-state index in [9.17, 15) is 0 Å². The molecule has 0 spiro atoms. The van der Waals surface area contributed by atoms with Gasteiger partial charge in [-0.1, -0.05) is 18.5 Å². The van der Waals surface area contributed by atoms with Crippen LogP contribution in [0.5, 0.6) is 0 Å². The summed E-state index contributed by atoms with van der Waals surface area (Å²) in [4.78, 5) is 4.06. The van der Waals surface area contributed by atoms with Gasteiger partial charge in [0.25, 0.3) is 0 Å². The molecule has 2 unspecified atom stereocenters. The number of aliphatic hydroxyl groups is 1. The summed E-state index contributed by atoms with van der Waals surface area (Å²) in [5.41, 5.74) is 0.464. The third-order valence-corrected chi connectivity index (χ3v) is 2.63. The van der Waals surface area contributed by atoms with Gasteiger partial charge in [0, 0.05) is 12.6 Å². The summed E-state index contributed by atoms with van der Waals surface area (Å²) in [5, 5.41) is 21.2. The third kappa shape index (κ3) is 3.37. The van der Waals surface area contributed by atoms with E-state index >= 15 is 0 Å². The summed E-state index contributed by atoms with van der Waals surface area (Å²) in [5.74, 6) is 0.656. The van der Waals surface area contributed by atoms with Gasteiger partial charge in [-0.05, 0) is 25.0 Å². The quantitative estimate of drug-likeness (QED) is 0.789. The number of nitriles is 1. The number of halogens is 1. The molecule has 0 amide bonds. The Labute approximate surface area is 99.9 Å². The number of hydrogen-bond donors (Lipinski definition) is 2. The standard InChI is InChI=1S/C11H14ClN3O/c1-7(6-16)8(2)14-11-4-9(5-13)3-10(12)15-11/h3-4,7-8,16H,6H2,1-2H3,(H,14,15). The van der Waals surface area contributed by atoms with Crippen molar-refractivity contribution in [3.63, 3.8) is 0 Å². The maximum absolute atomic E-state index is 9.00. The Morgan fingerprint density at radius 1 is 1.56 bits per heavy atom. The van der Waals surface area contributed by atoms with Gasteiger partial charge in [-0.15, -0.1) is 0 Å². The van der Waals surface area contributed by atoms with Gasteiger partial charge in [0.2, 0.25) is 0 Å². The zero-order valence-electron chi connectivity index (χ0n) is 9.24. The normalized spacial score (nSPS) is 13.9. The van der Waals surface area contributed by atoms with Crippen LogP contribution in [0.2, 0.25) is 5.15 Å². The Morgan fingerprint density at radius 3 is 2.81 bits per heavy atom. The summed E-state index contributed by atoms with van der Waals surface area (Å²) < 4.78 is 0. The Balaban J connectivity index is 2.81. The van der Waals surface area contributed by atoms with E-state index in [0.717, 1.165) is 0 Å². The molecule has 0 aromatic carbocycles. The van der Waals surface area contributed by atoms with Gasteiger partial charge in [0.15, 0.2) is 0 Å². The first-order chi connectivity index (χ1) is 7.56. The lowest BCUT2D eigenvalue weighted by molar-refractivity contribution is 0.226. The second-order valence-electron chi connectivity index (χ2n) is 3.77. The molecule has 1 aromatic heterocycles. The van der Waals surface area contributed by atoms with Gasteiger partial charge >= 0.3 is 0 Å². The van der Waals surface area contributed by atoms with E-state index in [4.69, 9.17) is 22.0 Å². The molecule has 86 valence electrons. The molecule has 1 aromatic rings. The predicted octanol–water partition coefficient (Wildman–Crippen LogP) is 2.04. The largest absolute Gasteiger partial charge is 0.396 e. The highest BCUT2D eigenvalue weighted by Gasteiger charge is 2.12. The second kappa shape index (κ2) is 5.69. The molecular weight excluding hydrogens is 226 g/mol. The van der Waals surface area contributed by atoms with E-state index < -0.39 is 0 Å². The Hall–Kier alpha value is -1.31. The van der Waals surface area contributed by atoms with Crippen molar-refractivity contribution in [2.24, 2.45) is 5.92 Å². The highest BCUT2D eigenvalue weighted by Crippen LogP contribution is 2.16. The van der Waals surface area contributed by atoms with Gasteiger partial charge in [0.05, 0.1) is 11.6 Å². The average Bonchev–Trinajstić information content (AvgIpc) is 2.26. The summed E-state index contributed by atoms with van der Waals surface area (Å²) in [7, 11) is 0. The first-order valence-electron chi connectivity index (χ1n) is 5.02. The highest BCUT2D eigenvalue weighted by atomic mass is 35.5. The number of pyridine rings is 1. The molecule has 0 radical (unpaired) electrons. The maximum Gasteiger partial charge on any atom is 0.132 e. The van der Waals surface area contributed by atoms with Crippen LogP contribution < -0.4 is 5.32 Å². The van der Waals surface area contributed by atoms with Crippen molar-refractivity contribution in [3.05, 3.63) is 22.8 Å². The fourth-order valence-corrected chi connectivity index (χ4v) is 1.38. The Morgan fingerprint density at radius 2 is 2.25 bits per heavy atom. The van der Waals surface area contributed by atoms with Gasteiger partial charge in [0.1, 0.15) is 11.0 Å². The molecule has 4 nitrogen and oxygen atoms in total. The number of nitrogens with zero attached hydrogens (tertiary/aromatic N) is 2. The Kier molecular flexibility index (Phi) is 4.53. The van der Waals surface area contributed by atoms with Crippen molar-refractivity contribution in [1.29, 1.82) is 5.26 Å². The van der Waals surface area contributed by atoms with Crippen molar-refractivity contribution < 1.29 is 5.11 Å². The van der Waals surface area contributed by atoms with E-state index in [-0.39, 0.29) is 23.7 Å². The van der Waals surface area contributed by atoms with Crippen molar-refractivity contribution in [2.45, 2.75) is 19.9 Å². The van der Waals surface area contributed by atoms with E-state index in [2.05, 4.69) is 10.3 Å². The Bertz CT molecular complexity index is 403. The first kappa shape index (κ1) is 12.8. The number of nitrogens with one attached hydrogen (secondary N) is 1. The summed E-state index contributed by atoms with van der Waals surface area (Å²) in [6, 6.07) is 5.21. The number of hydrogen-bond acceptors (Lipinski definition) is 4. The van der Waals surface area contributed by atoms with Gasteiger partial charge < -0.3 is 10.4 Å². The van der Waals surface area contributed by atoms with Crippen LogP contribution >= 0.6 is 11.6 Å². The number of aliphatic hydroxyl groups excluding tert-OH is 1. The lowest BCUT2D eigenvalue weighted by Gasteiger charge is -2.19. The van der Waals surface area contributed by atoms with E-state index in [1.807, 2.05) is 19.9 Å². The van der Waals surface area contributed by atoms with E-state index in [1.54, 1.807) is 6.07 Å². The summed E-state index contributed by atoms with van der Waals surface area (Å²) in [6.45, 7) is 3.96. The van der Waals surface area contributed by atoms with Crippen molar-refractivity contribution in [2.75, 3.05) is 11.9 Å². The molecule has 2 atom stereocenters. The summed E-state index contributed by atoms with van der Waals surface area (Å²) >= 11 is 5.77. The van der Waals surface area contributed by atoms with Gasteiger partial charge in [-0.3, -0.25) is 0 Å². The van der Waals surface area contributed by atoms with Crippen molar-refractivity contribution in [3.8, 4) is 6.07 Å². The van der Waals surface area contributed by atoms with Gasteiger partial charge in [-0.2, -0.15) is 5.26 Å². The molecular formula is C11H14ClN3O. The average molecular weight is 240 g/mol. The molecule has 1 rings (SSSR count). The third-order valence-electron chi connectivity index (χ3n) is 2.44. The molecule has 2 N–H and O–H groups in total. The lowest BCUT2D eigenvalue weighted by Crippen LogP contribution is -2.26. The first-order valence-corrected chi connectivity index (χ1v) is 5.39. The van der Waals surface area contributed by atoms with Gasteiger partial charge in [-0.25, -0.2) is 4.98 Å². The second-order valence-corrected chi connectivity index (χ2v) is 4.16. The highest BCUT2D eigenvalue weighted by molar-refractivity contribution is 6.29. The predicted molar refractivity (Wildman–Crippen MR) is 63.3 cm³/mol. The van der Waals surface area contributed by atoms with Crippen LogP contribution in [-0.2, 0) is 0 Å². The molecule has 0 aliphatic carbocycles. The zero-order valence-corrected chi connectivity index (χ0v) is 9.99. The summed E-state index contributed by atoms with van der Waals surface area (Å²) in [6.07, 6.45) is 0. The number of anilines is 1. The van der Waals surface area contributed by atoms with Crippen LogP contribution in [0.25, 0.3) is 0 Å². The number of aromatic nitrogens is 1. The molecule has 16 heavy (non-hydrogen) atoms. The maximum atomic E-state index is 9.00. The molecule has 0 bridgehead atoms. The zero-order chi connectivity index (χ0) is 12.1. The fourth-order valence-electron chi connectivity index (χ4n) is 1.17. The minimum atomic E-state index is 0.0579. The van der Waals surface area contributed by atoms with Crippen LogP contribution in [-0.4, -0.2) is 22.7 Å². The van der Waals surface area contributed by atoms with Crippen LogP contribution in [0, 0.1) is 17.2 Å². The molecule has 0 saturated heterocycles.